The number of β-amino-alcohol motifs (C(OH)–C–C–N with tert-alkyl or cyclic N) is 1. The van der Waals surface area contributed by atoms with Crippen molar-refractivity contribution in [1.29, 1.82) is 0 Å². The highest BCUT2D eigenvalue weighted by molar-refractivity contribution is 7.20. The largest absolute Gasteiger partial charge is 0.496 e. The van der Waals surface area contributed by atoms with Gasteiger partial charge in [-0.25, -0.2) is 9.50 Å². The summed E-state index contributed by atoms with van der Waals surface area (Å²) in [7, 11) is 1.67. The number of nitrogens with two attached hydrogens (primary N) is 1. The Bertz CT molecular complexity index is 948. The standard InChI is InChI=1S/C18H23N5O2S/c1-11-4-5-12(14(8-11)25-3)13-9-20-16-23(13)21-17(26-16)22-7-6-18(2,19)15(24)10-22/h4-5,8-9,15,24H,6-7,10,19H2,1-3H3. The van der Waals surface area contributed by atoms with Crippen LogP contribution in [-0.4, -0.2) is 51.5 Å². The third-order valence-corrected chi connectivity index (χ3v) is 6.04. The Kier molecular flexibility index (Phi) is 4.13. The molecule has 1 fully saturated rings. The molecule has 1 aromatic carbocycles. The van der Waals surface area contributed by atoms with E-state index < -0.39 is 11.6 Å². The molecule has 0 aliphatic carbocycles. The summed E-state index contributed by atoms with van der Waals surface area (Å²) in [6.07, 6.45) is 1.95. The summed E-state index contributed by atoms with van der Waals surface area (Å²) in [4.78, 5) is 7.40. The molecule has 0 amide bonds. The number of ether oxygens (including phenoxy) is 1. The van der Waals surface area contributed by atoms with Gasteiger partial charge in [0.1, 0.15) is 5.75 Å². The second-order valence-electron chi connectivity index (χ2n) is 7.14. The summed E-state index contributed by atoms with van der Waals surface area (Å²) in [6, 6.07) is 6.08. The number of aryl methyl sites for hydroxylation is 1. The highest BCUT2D eigenvalue weighted by Gasteiger charge is 2.36. The van der Waals surface area contributed by atoms with E-state index in [0.29, 0.717) is 13.0 Å². The first-order valence-corrected chi connectivity index (χ1v) is 9.42. The first-order chi connectivity index (χ1) is 12.4. The first kappa shape index (κ1) is 17.3. The van der Waals surface area contributed by atoms with Crippen LogP contribution in [0.1, 0.15) is 18.9 Å². The molecule has 138 valence electrons. The summed E-state index contributed by atoms with van der Waals surface area (Å²) in [6.45, 7) is 5.17. The number of imidazole rings is 1. The Morgan fingerprint density at radius 1 is 1.42 bits per heavy atom. The summed E-state index contributed by atoms with van der Waals surface area (Å²) in [5.74, 6) is 0.800. The van der Waals surface area contributed by atoms with Gasteiger partial charge in [0, 0.05) is 24.2 Å². The zero-order valence-electron chi connectivity index (χ0n) is 15.1. The number of benzene rings is 1. The number of anilines is 1. The van der Waals surface area contributed by atoms with Crippen molar-refractivity contribution in [3.63, 3.8) is 0 Å². The molecule has 3 heterocycles. The molecule has 0 saturated carbocycles. The van der Waals surface area contributed by atoms with Gasteiger partial charge in [0.2, 0.25) is 10.1 Å². The Morgan fingerprint density at radius 3 is 2.96 bits per heavy atom. The average molecular weight is 373 g/mol. The molecule has 2 aromatic heterocycles. The zero-order valence-corrected chi connectivity index (χ0v) is 16.0. The molecule has 3 aromatic rings. The molecule has 0 spiro atoms. The van der Waals surface area contributed by atoms with Crippen LogP contribution in [0.2, 0.25) is 0 Å². The Balaban J connectivity index is 1.70. The molecule has 2 unspecified atom stereocenters. The number of fused-ring (bicyclic) bond motifs is 1. The fourth-order valence-corrected chi connectivity index (χ4v) is 4.14. The van der Waals surface area contributed by atoms with Crippen LogP contribution < -0.4 is 15.4 Å². The number of rotatable bonds is 3. The van der Waals surface area contributed by atoms with Crippen LogP contribution in [0.4, 0.5) is 5.13 Å². The number of methoxy groups -OCH3 is 1. The van der Waals surface area contributed by atoms with Gasteiger partial charge < -0.3 is 20.5 Å². The molecule has 0 bridgehead atoms. The lowest BCUT2D eigenvalue weighted by atomic mass is 9.88. The monoisotopic (exact) mass is 373 g/mol. The van der Waals surface area contributed by atoms with E-state index in [2.05, 4.69) is 9.88 Å². The molecule has 3 N–H and O–H groups in total. The van der Waals surface area contributed by atoms with Crippen molar-refractivity contribution in [1.82, 2.24) is 14.6 Å². The van der Waals surface area contributed by atoms with Crippen molar-refractivity contribution in [2.75, 3.05) is 25.1 Å². The van der Waals surface area contributed by atoms with Crippen molar-refractivity contribution >= 4 is 21.4 Å². The first-order valence-electron chi connectivity index (χ1n) is 8.60. The van der Waals surface area contributed by atoms with Gasteiger partial charge in [-0.2, -0.15) is 0 Å². The molecule has 1 aliphatic rings. The van der Waals surface area contributed by atoms with Crippen LogP contribution in [0.15, 0.2) is 24.4 Å². The minimum Gasteiger partial charge on any atom is -0.496 e. The molecule has 2 atom stereocenters. The molecule has 7 nitrogen and oxygen atoms in total. The van der Waals surface area contributed by atoms with Gasteiger partial charge in [-0.15, -0.1) is 5.10 Å². The van der Waals surface area contributed by atoms with Gasteiger partial charge >= 0.3 is 0 Å². The summed E-state index contributed by atoms with van der Waals surface area (Å²) < 4.78 is 7.38. The Hall–Kier alpha value is -2.16. The number of nitrogens with zero attached hydrogens (tertiary/aromatic N) is 4. The molecular formula is C18H23N5O2S. The highest BCUT2D eigenvalue weighted by atomic mass is 32.1. The van der Waals surface area contributed by atoms with E-state index in [1.165, 1.54) is 11.3 Å². The van der Waals surface area contributed by atoms with E-state index in [4.69, 9.17) is 15.6 Å². The summed E-state index contributed by atoms with van der Waals surface area (Å²) in [5, 5.41) is 15.9. The third kappa shape index (κ3) is 2.84. The van der Waals surface area contributed by atoms with E-state index in [9.17, 15) is 5.11 Å². The molecule has 1 aliphatic heterocycles. The van der Waals surface area contributed by atoms with Crippen LogP contribution in [0.3, 0.4) is 0 Å². The second kappa shape index (κ2) is 6.22. The zero-order chi connectivity index (χ0) is 18.5. The molecular weight excluding hydrogens is 350 g/mol. The highest BCUT2D eigenvalue weighted by Crippen LogP contribution is 2.34. The van der Waals surface area contributed by atoms with E-state index >= 15 is 0 Å². The van der Waals surface area contributed by atoms with Crippen molar-refractivity contribution in [3.8, 4) is 17.0 Å². The van der Waals surface area contributed by atoms with Crippen LogP contribution in [-0.2, 0) is 0 Å². The minimum absolute atomic E-state index is 0.479. The predicted octanol–water partition coefficient (Wildman–Crippen LogP) is 2.06. The number of hydrogen-bond donors (Lipinski definition) is 2. The number of aromatic nitrogens is 3. The maximum Gasteiger partial charge on any atom is 0.214 e. The lowest BCUT2D eigenvalue weighted by molar-refractivity contribution is 0.0794. The smallest absolute Gasteiger partial charge is 0.214 e. The normalized spacial score (nSPS) is 23.6. The fourth-order valence-electron chi connectivity index (χ4n) is 3.23. The van der Waals surface area contributed by atoms with Gasteiger partial charge in [-0.3, -0.25) is 0 Å². The lowest BCUT2D eigenvalue weighted by Crippen LogP contribution is -2.59. The third-order valence-electron chi connectivity index (χ3n) is 5.05. The molecule has 1 saturated heterocycles. The van der Waals surface area contributed by atoms with Gasteiger partial charge in [-0.1, -0.05) is 17.4 Å². The Morgan fingerprint density at radius 2 is 2.23 bits per heavy atom. The number of aliphatic hydroxyl groups is 1. The van der Waals surface area contributed by atoms with E-state index in [-0.39, 0.29) is 0 Å². The topological polar surface area (TPSA) is 88.9 Å². The van der Waals surface area contributed by atoms with Gasteiger partial charge in [0.05, 0.1) is 25.1 Å². The van der Waals surface area contributed by atoms with Crippen LogP contribution >= 0.6 is 11.3 Å². The fraction of sp³-hybridized carbons (Fsp3) is 0.444. The summed E-state index contributed by atoms with van der Waals surface area (Å²) in [5.41, 5.74) is 8.57. The quantitative estimate of drug-likeness (QED) is 0.731. The lowest BCUT2D eigenvalue weighted by Gasteiger charge is -2.40. The van der Waals surface area contributed by atoms with Crippen molar-refractivity contribution in [3.05, 3.63) is 30.0 Å². The molecule has 26 heavy (non-hydrogen) atoms. The molecule has 4 rings (SSSR count). The van der Waals surface area contributed by atoms with Crippen molar-refractivity contribution in [2.24, 2.45) is 5.73 Å². The minimum atomic E-state index is -0.580. The van der Waals surface area contributed by atoms with Gasteiger partial charge in [0.15, 0.2) is 0 Å². The number of piperidine rings is 1. The average Bonchev–Trinajstić information content (AvgIpc) is 3.18. The number of hydrogen-bond acceptors (Lipinski definition) is 7. The van der Waals surface area contributed by atoms with Gasteiger partial charge in [0.25, 0.3) is 0 Å². The van der Waals surface area contributed by atoms with E-state index in [1.54, 1.807) is 7.11 Å². The van der Waals surface area contributed by atoms with Crippen molar-refractivity contribution in [2.45, 2.75) is 31.9 Å². The molecule has 8 heteroatoms. The van der Waals surface area contributed by atoms with Crippen LogP contribution in [0, 0.1) is 6.92 Å². The number of aliphatic hydroxyl groups excluding tert-OH is 1. The summed E-state index contributed by atoms with van der Waals surface area (Å²) >= 11 is 1.51. The van der Waals surface area contributed by atoms with Crippen LogP contribution in [0.5, 0.6) is 5.75 Å². The Labute approximate surface area is 156 Å². The SMILES string of the molecule is COc1cc(C)ccc1-c1cnc2sc(N3CCC(C)(N)C(O)C3)nn12. The van der Waals surface area contributed by atoms with E-state index in [1.807, 2.05) is 42.8 Å². The maximum atomic E-state index is 10.3. The second-order valence-corrected chi connectivity index (χ2v) is 8.08. The predicted molar refractivity (Wildman–Crippen MR) is 103 cm³/mol. The van der Waals surface area contributed by atoms with Gasteiger partial charge in [-0.05, 0) is 38.0 Å². The van der Waals surface area contributed by atoms with Crippen LogP contribution in [0.25, 0.3) is 16.2 Å². The van der Waals surface area contributed by atoms with E-state index in [0.717, 1.165) is 39.2 Å². The molecule has 0 radical (unpaired) electrons. The maximum absolute atomic E-state index is 10.3. The van der Waals surface area contributed by atoms with Crippen molar-refractivity contribution < 1.29 is 9.84 Å².